The number of nitrogens with one attached hydrogen (secondary N) is 1. The van der Waals surface area contributed by atoms with Crippen LogP contribution in [0.4, 0.5) is 4.39 Å². The summed E-state index contributed by atoms with van der Waals surface area (Å²) in [5, 5.41) is 14.7. The van der Waals surface area contributed by atoms with Gasteiger partial charge in [0.15, 0.2) is 15.7 Å². The molecule has 7 nitrogen and oxygen atoms in total. The van der Waals surface area contributed by atoms with E-state index in [0.717, 1.165) is 6.26 Å². The first-order valence-electron chi connectivity index (χ1n) is 7.19. The van der Waals surface area contributed by atoms with Crippen LogP contribution in [0.3, 0.4) is 0 Å². The lowest BCUT2D eigenvalue weighted by Gasteiger charge is -2.15. The highest BCUT2D eigenvalue weighted by Crippen LogP contribution is 2.20. The quantitative estimate of drug-likeness (QED) is 0.859. The molecule has 0 radical (unpaired) electrons. The van der Waals surface area contributed by atoms with Crippen molar-refractivity contribution in [1.82, 2.24) is 25.5 Å². The molecule has 0 unspecified atom stereocenters. The standard InChI is InChI=1S/C14H20FN5O2S/c1-9(2)20-14(17-18-19-20)8-16-10(3)11-5-6-13(12(15)7-11)23(4,21)22/h5-7,9-10,16H,8H2,1-4H3/t10-/m1/s1. The van der Waals surface area contributed by atoms with Crippen molar-refractivity contribution in [3.63, 3.8) is 0 Å². The van der Waals surface area contributed by atoms with E-state index in [-0.39, 0.29) is 17.0 Å². The molecule has 0 spiro atoms. The van der Waals surface area contributed by atoms with E-state index >= 15 is 0 Å². The molecular formula is C14H20FN5O2S. The van der Waals surface area contributed by atoms with Gasteiger partial charge in [0.2, 0.25) is 0 Å². The summed E-state index contributed by atoms with van der Waals surface area (Å²) in [6.07, 6.45) is 0.985. The van der Waals surface area contributed by atoms with Crippen molar-refractivity contribution >= 4 is 9.84 Å². The molecule has 126 valence electrons. The number of halogens is 1. The van der Waals surface area contributed by atoms with Gasteiger partial charge in [0.1, 0.15) is 10.7 Å². The molecule has 0 bridgehead atoms. The highest BCUT2D eigenvalue weighted by Gasteiger charge is 2.16. The first-order valence-corrected chi connectivity index (χ1v) is 9.09. The summed E-state index contributed by atoms with van der Waals surface area (Å²) in [6, 6.07) is 4.08. The number of hydrogen-bond acceptors (Lipinski definition) is 6. The predicted molar refractivity (Wildman–Crippen MR) is 83.0 cm³/mol. The maximum Gasteiger partial charge on any atom is 0.178 e. The summed E-state index contributed by atoms with van der Waals surface area (Å²) in [5.74, 6) is -0.0641. The van der Waals surface area contributed by atoms with Gasteiger partial charge < -0.3 is 5.32 Å². The second-order valence-corrected chi connectivity index (χ2v) is 7.68. The van der Waals surface area contributed by atoms with Crippen molar-refractivity contribution in [3.8, 4) is 0 Å². The number of hydrogen-bond donors (Lipinski definition) is 1. The van der Waals surface area contributed by atoms with Crippen molar-refractivity contribution in [3.05, 3.63) is 35.4 Å². The van der Waals surface area contributed by atoms with Gasteiger partial charge in [-0.1, -0.05) is 6.07 Å². The van der Waals surface area contributed by atoms with Crippen LogP contribution in [0.25, 0.3) is 0 Å². The third-order valence-electron chi connectivity index (χ3n) is 3.47. The van der Waals surface area contributed by atoms with Crippen molar-refractivity contribution in [2.45, 2.75) is 44.3 Å². The molecule has 0 fully saturated rings. The fourth-order valence-corrected chi connectivity index (χ4v) is 2.91. The Kier molecular flexibility index (Phi) is 5.10. The van der Waals surface area contributed by atoms with Crippen LogP contribution in [0.1, 0.15) is 44.2 Å². The molecule has 0 aliphatic carbocycles. The molecule has 2 rings (SSSR count). The van der Waals surface area contributed by atoms with Crippen LogP contribution in [0.5, 0.6) is 0 Å². The van der Waals surface area contributed by atoms with Gasteiger partial charge in [0, 0.05) is 12.3 Å². The van der Waals surface area contributed by atoms with Crippen LogP contribution in [0.2, 0.25) is 0 Å². The van der Waals surface area contributed by atoms with Crippen LogP contribution in [0, 0.1) is 5.82 Å². The lowest BCUT2D eigenvalue weighted by Crippen LogP contribution is -2.22. The number of tetrazole rings is 1. The molecule has 1 heterocycles. The Hall–Kier alpha value is -1.87. The van der Waals surface area contributed by atoms with Crippen LogP contribution in [0.15, 0.2) is 23.1 Å². The van der Waals surface area contributed by atoms with Crippen LogP contribution < -0.4 is 5.32 Å². The van der Waals surface area contributed by atoms with Gasteiger partial charge in [-0.05, 0) is 48.9 Å². The zero-order valence-electron chi connectivity index (χ0n) is 13.5. The first kappa shape index (κ1) is 17.5. The Morgan fingerprint density at radius 1 is 1.30 bits per heavy atom. The molecule has 1 aromatic heterocycles. The summed E-state index contributed by atoms with van der Waals surface area (Å²) in [5.41, 5.74) is 0.651. The second-order valence-electron chi connectivity index (χ2n) is 5.70. The summed E-state index contributed by atoms with van der Waals surface area (Å²) >= 11 is 0. The Morgan fingerprint density at radius 2 is 2.00 bits per heavy atom. The van der Waals surface area contributed by atoms with Gasteiger partial charge in [-0.15, -0.1) is 5.10 Å². The molecule has 0 saturated heterocycles. The Balaban J connectivity index is 2.11. The van der Waals surface area contributed by atoms with E-state index in [0.29, 0.717) is 17.9 Å². The van der Waals surface area contributed by atoms with Crippen molar-refractivity contribution in [1.29, 1.82) is 0 Å². The van der Waals surface area contributed by atoms with Gasteiger partial charge in [-0.2, -0.15) is 0 Å². The van der Waals surface area contributed by atoms with E-state index < -0.39 is 15.7 Å². The zero-order valence-corrected chi connectivity index (χ0v) is 14.3. The highest BCUT2D eigenvalue weighted by molar-refractivity contribution is 7.90. The van der Waals surface area contributed by atoms with E-state index in [1.165, 1.54) is 12.1 Å². The largest absolute Gasteiger partial charge is 0.303 e. The lowest BCUT2D eigenvalue weighted by molar-refractivity contribution is 0.467. The fourth-order valence-electron chi connectivity index (χ4n) is 2.18. The average molecular weight is 341 g/mol. The SMILES string of the molecule is CC(C)n1nnnc1CN[C@H](C)c1ccc(S(C)(=O)=O)c(F)c1. The van der Waals surface area contributed by atoms with E-state index in [4.69, 9.17) is 0 Å². The Morgan fingerprint density at radius 3 is 2.57 bits per heavy atom. The molecule has 1 atom stereocenters. The molecule has 0 aliphatic heterocycles. The highest BCUT2D eigenvalue weighted by atomic mass is 32.2. The fraction of sp³-hybridized carbons (Fsp3) is 0.500. The molecule has 9 heteroatoms. The summed E-state index contributed by atoms with van der Waals surface area (Å²) < 4.78 is 38.5. The molecular weight excluding hydrogens is 321 g/mol. The minimum absolute atomic E-state index is 0.142. The van der Waals surface area contributed by atoms with Crippen LogP contribution in [-0.4, -0.2) is 34.9 Å². The number of sulfone groups is 1. The molecule has 1 N–H and O–H groups in total. The normalized spacial score (nSPS) is 13.5. The van der Waals surface area contributed by atoms with E-state index in [9.17, 15) is 12.8 Å². The predicted octanol–water partition coefficient (Wildman–Crippen LogP) is 1.65. The van der Waals surface area contributed by atoms with Gasteiger partial charge in [0.05, 0.1) is 12.6 Å². The van der Waals surface area contributed by atoms with Crippen LogP contribution in [-0.2, 0) is 16.4 Å². The number of nitrogens with zero attached hydrogens (tertiary/aromatic N) is 4. The molecule has 1 aromatic carbocycles. The number of aromatic nitrogens is 4. The van der Waals surface area contributed by atoms with Gasteiger partial charge in [-0.3, -0.25) is 0 Å². The van der Waals surface area contributed by atoms with Crippen molar-refractivity contribution in [2.75, 3.05) is 6.26 Å². The molecule has 0 saturated carbocycles. The summed E-state index contributed by atoms with van der Waals surface area (Å²) in [4.78, 5) is -0.294. The molecule has 23 heavy (non-hydrogen) atoms. The Bertz CT molecular complexity index is 788. The minimum atomic E-state index is -3.56. The monoisotopic (exact) mass is 341 g/mol. The Labute approximate surface area is 134 Å². The second kappa shape index (κ2) is 6.71. The third kappa shape index (κ3) is 4.11. The zero-order chi connectivity index (χ0) is 17.2. The summed E-state index contributed by atoms with van der Waals surface area (Å²) in [6.45, 7) is 6.23. The topological polar surface area (TPSA) is 89.8 Å². The summed E-state index contributed by atoms with van der Waals surface area (Å²) in [7, 11) is -3.56. The van der Waals surface area contributed by atoms with E-state index in [1.54, 1.807) is 10.7 Å². The number of benzene rings is 1. The average Bonchev–Trinajstić information content (AvgIpc) is 2.91. The van der Waals surface area contributed by atoms with E-state index in [1.807, 2.05) is 20.8 Å². The lowest BCUT2D eigenvalue weighted by atomic mass is 10.1. The van der Waals surface area contributed by atoms with Gasteiger partial charge in [0.25, 0.3) is 0 Å². The third-order valence-corrected chi connectivity index (χ3v) is 4.60. The van der Waals surface area contributed by atoms with Gasteiger partial charge >= 0.3 is 0 Å². The minimum Gasteiger partial charge on any atom is -0.303 e. The van der Waals surface area contributed by atoms with Crippen molar-refractivity contribution < 1.29 is 12.8 Å². The van der Waals surface area contributed by atoms with Crippen molar-refractivity contribution in [2.24, 2.45) is 0 Å². The number of rotatable bonds is 6. The van der Waals surface area contributed by atoms with Crippen LogP contribution >= 0.6 is 0 Å². The molecule has 0 amide bonds. The van der Waals surface area contributed by atoms with E-state index in [2.05, 4.69) is 20.8 Å². The molecule has 0 aliphatic rings. The smallest absolute Gasteiger partial charge is 0.178 e. The maximum atomic E-state index is 13.9. The van der Waals surface area contributed by atoms with Gasteiger partial charge in [-0.25, -0.2) is 17.5 Å². The first-order chi connectivity index (χ1) is 10.7. The maximum absolute atomic E-state index is 13.9. The molecule has 2 aromatic rings.